The zero-order valence-electron chi connectivity index (χ0n) is 9.74. The summed E-state index contributed by atoms with van der Waals surface area (Å²) in [5, 5.41) is 0. The summed E-state index contributed by atoms with van der Waals surface area (Å²) in [6, 6.07) is 8.94. The van der Waals surface area contributed by atoms with Gasteiger partial charge in [0.05, 0.1) is 7.11 Å². The van der Waals surface area contributed by atoms with Crippen LogP contribution in [0.1, 0.15) is 29.9 Å². The highest BCUT2D eigenvalue weighted by atomic mass is 32.2. The average molecular weight is 237 g/mol. The minimum absolute atomic E-state index is 0.775. The van der Waals surface area contributed by atoms with Crippen LogP contribution in [0.2, 0.25) is 0 Å². The van der Waals surface area contributed by atoms with Crippen LogP contribution in [0.4, 0.5) is 0 Å². The molecule has 0 atom stereocenters. The van der Waals surface area contributed by atoms with Crippen molar-refractivity contribution in [3.8, 4) is 0 Å². The van der Waals surface area contributed by atoms with Crippen molar-refractivity contribution in [2.75, 3.05) is 18.6 Å². The van der Waals surface area contributed by atoms with E-state index < -0.39 is 0 Å². The Kier molecular flexibility index (Phi) is 4.69. The van der Waals surface area contributed by atoms with Crippen LogP contribution >= 0.6 is 11.8 Å². The fourth-order valence-electron chi connectivity index (χ4n) is 2.09. The van der Waals surface area contributed by atoms with Crippen molar-refractivity contribution < 1.29 is 4.84 Å². The Morgan fingerprint density at radius 1 is 1.25 bits per heavy atom. The second kappa shape index (κ2) is 6.28. The van der Waals surface area contributed by atoms with E-state index in [0.29, 0.717) is 0 Å². The summed E-state index contributed by atoms with van der Waals surface area (Å²) >= 11 is 2.08. The van der Waals surface area contributed by atoms with Gasteiger partial charge in [-0.05, 0) is 41.4 Å². The van der Waals surface area contributed by atoms with E-state index in [1.807, 2.05) is 0 Å². The standard InChI is InChI=1S/C13H19NOS/c1-15-14-10-11-2-4-12(5-3-11)13-6-8-16-9-7-13/h2-5,13-14H,6-10H2,1H3. The van der Waals surface area contributed by atoms with Crippen LogP contribution in [-0.2, 0) is 11.4 Å². The monoisotopic (exact) mass is 237 g/mol. The van der Waals surface area contributed by atoms with Gasteiger partial charge in [-0.15, -0.1) is 0 Å². The molecule has 1 heterocycles. The summed E-state index contributed by atoms with van der Waals surface area (Å²) in [6.07, 6.45) is 2.67. The third-order valence-corrected chi connectivity index (χ3v) is 4.14. The van der Waals surface area contributed by atoms with Crippen LogP contribution in [0.5, 0.6) is 0 Å². The molecule has 1 fully saturated rings. The van der Waals surface area contributed by atoms with E-state index in [9.17, 15) is 0 Å². The molecule has 1 aromatic rings. The first kappa shape index (κ1) is 12.0. The van der Waals surface area contributed by atoms with Gasteiger partial charge in [-0.1, -0.05) is 24.3 Å². The van der Waals surface area contributed by atoms with E-state index in [0.717, 1.165) is 12.5 Å². The van der Waals surface area contributed by atoms with Gasteiger partial charge in [0.25, 0.3) is 0 Å². The van der Waals surface area contributed by atoms with Crippen LogP contribution in [-0.4, -0.2) is 18.6 Å². The molecule has 3 heteroatoms. The van der Waals surface area contributed by atoms with E-state index in [2.05, 4.69) is 41.5 Å². The van der Waals surface area contributed by atoms with Gasteiger partial charge in [-0.25, -0.2) is 0 Å². The Hall–Kier alpha value is -0.510. The van der Waals surface area contributed by atoms with Crippen LogP contribution in [0.3, 0.4) is 0 Å². The Morgan fingerprint density at radius 3 is 2.56 bits per heavy atom. The van der Waals surface area contributed by atoms with Gasteiger partial charge in [-0.2, -0.15) is 17.2 Å². The Bertz CT molecular complexity index is 306. The Morgan fingerprint density at radius 2 is 1.94 bits per heavy atom. The quantitative estimate of drug-likeness (QED) is 0.814. The van der Waals surface area contributed by atoms with Crippen molar-refractivity contribution in [1.82, 2.24) is 5.48 Å². The molecule has 0 aromatic heterocycles. The molecule has 0 aliphatic carbocycles. The first-order valence-electron chi connectivity index (χ1n) is 5.82. The van der Waals surface area contributed by atoms with Gasteiger partial charge >= 0.3 is 0 Å². The summed E-state index contributed by atoms with van der Waals surface area (Å²) in [5.41, 5.74) is 5.64. The number of hydrogen-bond acceptors (Lipinski definition) is 3. The molecule has 1 aromatic carbocycles. The topological polar surface area (TPSA) is 21.3 Å². The summed E-state index contributed by atoms with van der Waals surface area (Å²) in [7, 11) is 1.65. The van der Waals surface area contributed by atoms with Gasteiger partial charge < -0.3 is 4.84 Å². The molecule has 16 heavy (non-hydrogen) atoms. The van der Waals surface area contributed by atoms with Crippen molar-refractivity contribution in [3.63, 3.8) is 0 Å². The molecule has 0 radical (unpaired) electrons. The number of nitrogens with one attached hydrogen (secondary N) is 1. The lowest BCUT2D eigenvalue weighted by Gasteiger charge is -2.21. The molecule has 88 valence electrons. The van der Waals surface area contributed by atoms with E-state index in [-0.39, 0.29) is 0 Å². The lowest BCUT2D eigenvalue weighted by Crippen LogP contribution is -2.11. The summed E-state index contributed by atoms with van der Waals surface area (Å²) in [6.45, 7) is 0.775. The van der Waals surface area contributed by atoms with Crippen LogP contribution in [0.25, 0.3) is 0 Å². The lowest BCUT2D eigenvalue weighted by molar-refractivity contribution is 0.0867. The molecule has 1 N–H and O–H groups in total. The molecule has 0 bridgehead atoms. The van der Waals surface area contributed by atoms with Gasteiger partial charge in [0.2, 0.25) is 0 Å². The molecular formula is C13H19NOS. The molecule has 2 rings (SSSR count). The predicted molar refractivity (Wildman–Crippen MR) is 69.6 cm³/mol. The zero-order chi connectivity index (χ0) is 11.2. The highest BCUT2D eigenvalue weighted by Crippen LogP contribution is 2.31. The minimum atomic E-state index is 0.775. The summed E-state index contributed by atoms with van der Waals surface area (Å²) in [5.74, 6) is 3.42. The van der Waals surface area contributed by atoms with Crippen LogP contribution in [0.15, 0.2) is 24.3 Å². The van der Waals surface area contributed by atoms with Gasteiger partial charge in [0.15, 0.2) is 0 Å². The molecular weight excluding hydrogens is 218 g/mol. The third-order valence-electron chi connectivity index (χ3n) is 3.09. The molecule has 2 nitrogen and oxygen atoms in total. The second-order valence-corrected chi connectivity index (χ2v) is 5.38. The molecule has 1 aliphatic rings. The third kappa shape index (κ3) is 3.24. The highest BCUT2D eigenvalue weighted by molar-refractivity contribution is 7.99. The molecule has 0 unspecified atom stereocenters. The number of benzene rings is 1. The normalized spacial score (nSPS) is 17.6. The predicted octanol–water partition coefficient (Wildman–Crippen LogP) is 2.95. The second-order valence-electron chi connectivity index (χ2n) is 4.15. The lowest BCUT2D eigenvalue weighted by atomic mass is 9.93. The Balaban J connectivity index is 1.95. The maximum Gasteiger partial charge on any atom is 0.0572 e. The number of hydrogen-bond donors (Lipinski definition) is 1. The van der Waals surface area contributed by atoms with Crippen molar-refractivity contribution in [1.29, 1.82) is 0 Å². The van der Waals surface area contributed by atoms with E-state index >= 15 is 0 Å². The summed E-state index contributed by atoms with van der Waals surface area (Å²) < 4.78 is 0. The molecule has 0 saturated carbocycles. The SMILES string of the molecule is CONCc1ccc(C2CCSCC2)cc1. The first-order chi connectivity index (χ1) is 7.90. The number of thioether (sulfide) groups is 1. The van der Waals surface area contributed by atoms with E-state index in [1.165, 1.54) is 35.5 Å². The smallest absolute Gasteiger partial charge is 0.0572 e. The fraction of sp³-hybridized carbons (Fsp3) is 0.538. The van der Waals surface area contributed by atoms with Gasteiger partial charge in [0, 0.05) is 6.54 Å². The highest BCUT2D eigenvalue weighted by Gasteiger charge is 2.15. The Labute approximate surface area is 102 Å². The molecule has 1 aliphatic heterocycles. The maximum absolute atomic E-state index is 4.84. The van der Waals surface area contributed by atoms with Crippen molar-refractivity contribution in [2.24, 2.45) is 0 Å². The van der Waals surface area contributed by atoms with Crippen molar-refractivity contribution in [2.45, 2.75) is 25.3 Å². The largest absolute Gasteiger partial charge is 0.305 e. The van der Waals surface area contributed by atoms with Gasteiger partial charge in [0.1, 0.15) is 0 Å². The molecule has 0 spiro atoms. The first-order valence-corrected chi connectivity index (χ1v) is 6.98. The van der Waals surface area contributed by atoms with Crippen molar-refractivity contribution >= 4 is 11.8 Å². The van der Waals surface area contributed by atoms with Crippen molar-refractivity contribution in [3.05, 3.63) is 35.4 Å². The number of hydroxylamine groups is 1. The van der Waals surface area contributed by atoms with E-state index in [4.69, 9.17) is 4.84 Å². The van der Waals surface area contributed by atoms with Crippen LogP contribution < -0.4 is 5.48 Å². The summed E-state index contributed by atoms with van der Waals surface area (Å²) in [4.78, 5) is 4.84. The number of rotatable bonds is 4. The minimum Gasteiger partial charge on any atom is -0.305 e. The zero-order valence-corrected chi connectivity index (χ0v) is 10.6. The molecule has 0 amide bonds. The maximum atomic E-state index is 4.84. The fourth-order valence-corrected chi connectivity index (χ4v) is 3.20. The average Bonchev–Trinajstić information content (AvgIpc) is 2.38. The van der Waals surface area contributed by atoms with Crippen LogP contribution in [0, 0.1) is 0 Å². The molecule has 1 saturated heterocycles. The van der Waals surface area contributed by atoms with E-state index in [1.54, 1.807) is 7.11 Å². The van der Waals surface area contributed by atoms with Gasteiger partial charge in [-0.3, -0.25) is 0 Å².